The number of rotatable bonds is 5. The Morgan fingerprint density at radius 2 is 1.80 bits per heavy atom. The quantitative estimate of drug-likeness (QED) is 0.455. The third-order valence-corrected chi connectivity index (χ3v) is 3.66. The molecular weight excluding hydrogens is 385 g/mol. The molecule has 3 nitrogen and oxygen atoms in total. The van der Waals surface area contributed by atoms with Gasteiger partial charge in [0.2, 0.25) is 0 Å². The van der Waals surface area contributed by atoms with E-state index in [2.05, 4.69) is 32.7 Å². The second-order valence-electron chi connectivity index (χ2n) is 5.21. The van der Waals surface area contributed by atoms with E-state index in [0.717, 1.165) is 23.7 Å². The minimum Gasteiger partial charge on any atom is -0.370 e. The predicted molar refractivity (Wildman–Crippen MR) is 99.3 cm³/mol. The van der Waals surface area contributed by atoms with Gasteiger partial charge in [0.05, 0.1) is 6.54 Å². The number of nitrogens with zero attached hydrogens (tertiary/aromatic N) is 2. The predicted octanol–water partition coefficient (Wildman–Crippen LogP) is 3.89. The largest absolute Gasteiger partial charge is 0.370 e. The molecule has 0 fully saturated rings. The van der Waals surface area contributed by atoms with Crippen LogP contribution in [0, 0.1) is 0 Å². The van der Waals surface area contributed by atoms with Gasteiger partial charge in [0.1, 0.15) is 0 Å². The Morgan fingerprint density at radius 3 is 2.30 bits per heavy atom. The van der Waals surface area contributed by atoms with E-state index in [0.29, 0.717) is 12.5 Å². The first kappa shape index (κ1) is 19.5. The zero-order chi connectivity index (χ0) is 14.5. The number of benzene rings is 1. The fraction of sp³-hybridized carbons (Fsp3) is 0.533. The van der Waals surface area contributed by atoms with E-state index in [9.17, 15) is 0 Å². The molecule has 5 heteroatoms. The van der Waals surface area contributed by atoms with Crippen LogP contribution in [0.2, 0.25) is 5.02 Å². The van der Waals surface area contributed by atoms with Crippen molar-refractivity contribution < 1.29 is 0 Å². The molecule has 1 aromatic carbocycles. The summed E-state index contributed by atoms with van der Waals surface area (Å²) in [4.78, 5) is 6.56. The molecule has 0 aliphatic rings. The molecule has 0 radical (unpaired) electrons. The lowest BCUT2D eigenvalue weighted by molar-refractivity contribution is 0.451. The summed E-state index contributed by atoms with van der Waals surface area (Å²) in [7, 11) is 0. The zero-order valence-corrected chi connectivity index (χ0v) is 15.8. The Morgan fingerprint density at radius 1 is 1.25 bits per heavy atom. The summed E-state index contributed by atoms with van der Waals surface area (Å²) in [6, 6.07) is 7.90. The molecule has 114 valence electrons. The Bertz CT molecular complexity index is 442. The molecule has 0 spiro atoms. The molecule has 0 bridgehead atoms. The summed E-state index contributed by atoms with van der Waals surface area (Å²) in [6.07, 6.45) is 0. The van der Waals surface area contributed by atoms with Crippen LogP contribution in [-0.4, -0.2) is 30.5 Å². The Labute approximate surface area is 144 Å². The minimum atomic E-state index is -0.129. The van der Waals surface area contributed by atoms with Gasteiger partial charge in [0.15, 0.2) is 5.96 Å². The first-order chi connectivity index (χ1) is 8.92. The summed E-state index contributed by atoms with van der Waals surface area (Å²) >= 11 is 6.25. The van der Waals surface area contributed by atoms with Gasteiger partial charge in [-0.15, -0.1) is 24.0 Å². The maximum absolute atomic E-state index is 6.25. The van der Waals surface area contributed by atoms with Gasteiger partial charge in [-0.1, -0.05) is 43.6 Å². The van der Waals surface area contributed by atoms with Crippen molar-refractivity contribution in [1.82, 2.24) is 4.90 Å². The molecule has 0 saturated carbocycles. The molecule has 1 rings (SSSR count). The van der Waals surface area contributed by atoms with Crippen molar-refractivity contribution >= 4 is 41.5 Å². The molecule has 0 aromatic heterocycles. The monoisotopic (exact) mass is 409 g/mol. The van der Waals surface area contributed by atoms with Crippen molar-refractivity contribution in [1.29, 1.82) is 0 Å². The van der Waals surface area contributed by atoms with Crippen LogP contribution in [0.5, 0.6) is 0 Å². The summed E-state index contributed by atoms with van der Waals surface area (Å²) in [5.41, 5.74) is 6.98. The molecule has 0 atom stereocenters. The van der Waals surface area contributed by atoms with Crippen molar-refractivity contribution in [3.8, 4) is 0 Å². The molecule has 0 amide bonds. The van der Waals surface area contributed by atoms with Crippen molar-refractivity contribution in [2.24, 2.45) is 10.7 Å². The van der Waals surface area contributed by atoms with E-state index < -0.39 is 0 Å². The van der Waals surface area contributed by atoms with E-state index in [4.69, 9.17) is 17.3 Å². The summed E-state index contributed by atoms with van der Waals surface area (Å²) in [6.45, 7) is 10.8. The molecule has 1 aromatic rings. The zero-order valence-electron chi connectivity index (χ0n) is 12.7. The highest BCUT2D eigenvalue weighted by atomic mass is 127. The fourth-order valence-electron chi connectivity index (χ4n) is 2.02. The minimum absolute atomic E-state index is 0. The van der Waals surface area contributed by atoms with Crippen molar-refractivity contribution in [3.63, 3.8) is 0 Å². The van der Waals surface area contributed by atoms with Crippen molar-refractivity contribution in [3.05, 3.63) is 34.9 Å². The molecule has 0 heterocycles. The van der Waals surface area contributed by atoms with Gasteiger partial charge in [-0.2, -0.15) is 0 Å². The highest BCUT2D eigenvalue weighted by Gasteiger charge is 2.23. The highest BCUT2D eigenvalue weighted by Crippen LogP contribution is 2.29. The standard InChI is InChI=1S/C15H24ClN3.HI/c1-5-19(6-2)14(17)18-11-15(3,4)12-9-7-8-10-13(12)16;/h7-10H,5-6,11H2,1-4H3,(H2,17,18);1H. The Kier molecular flexibility index (Phi) is 8.51. The number of nitrogens with two attached hydrogens (primary N) is 1. The summed E-state index contributed by atoms with van der Waals surface area (Å²) < 4.78 is 0. The van der Waals surface area contributed by atoms with E-state index in [-0.39, 0.29) is 29.4 Å². The Balaban J connectivity index is 0.00000361. The fourth-order valence-corrected chi connectivity index (χ4v) is 2.41. The molecule has 0 unspecified atom stereocenters. The van der Waals surface area contributed by atoms with Crippen LogP contribution >= 0.6 is 35.6 Å². The van der Waals surface area contributed by atoms with Crippen molar-refractivity contribution in [2.75, 3.05) is 19.6 Å². The number of aliphatic imine (C=N–C) groups is 1. The smallest absolute Gasteiger partial charge is 0.191 e. The van der Waals surface area contributed by atoms with Gasteiger partial charge in [0, 0.05) is 23.5 Å². The Hall–Kier alpha value is -0.490. The second kappa shape index (κ2) is 8.72. The number of hydrogen-bond donors (Lipinski definition) is 1. The van der Waals surface area contributed by atoms with E-state index in [1.165, 1.54) is 0 Å². The topological polar surface area (TPSA) is 41.6 Å². The number of hydrogen-bond acceptors (Lipinski definition) is 1. The van der Waals surface area contributed by atoms with E-state index >= 15 is 0 Å². The summed E-state index contributed by atoms with van der Waals surface area (Å²) in [5.74, 6) is 0.602. The van der Waals surface area contributed by atoms with E-state index in [1.54, 1.807) is 0 Å². The van der Waals surface area contributed by atoms with Gasteiger partial charge >= 0.3 is 0 Å². The van der Waals surface area contributed by atoms with Crippen molar-refractivity contribution in [2.45, 2.75) is 33.1 Å². The van der Waals surface area contributed by atoms with Crippen LogP contribution in [0.15, 0.2) is 29.3 Å². The molecular formula is C15H25ClIN3. The molecule has 0 aliphatic heterocycles. The van der Waals surface area contributed by atoms with Gasteiger partial charge in [-0.25, -0.2) is 0 Å². The average Bonchev–Trinajstić information content (AvgIpc) is 2.38. The average molecular weight is 410 g/mol. The SMILES string of the molecule is CCN(CC)C(N)=NCC(C)(C)c1ccccc1Cl.I. The lowest BCUT2D eigenvalue weighted by Crippen LogP contribution is -2.38. The first-order valence-corrected chi connectivity index (χ1v) is 7.10. The number of guanidine groups is 1. The van der Waals surface area contributed by atoms with Gasteiger partial charge in [0.25, 0.3) is 0 Å². The lowest BCUT2D eigenvalue weighted by atomic mass is 9.85. The first-order valence-electron chi connectivity index (χ1n) is 6.72. The van der Waals surface area contributed by atoms with E-state index in [1.807, 2.05) is 29.2 Å². The second-order valence-corrected chi connectivity index (χ2v) is 5.62. The van der Waals surface area contributed by atoms with Crippen LogP contribution in [0.3, 0.4) is 0 Å². The molecule has 2 N–H and O–H groups in total. The van der Waals surface area contributed by atoms with Gasteiger partial charge in [-0.3, -0.25) is 4.99 Å². The van der Waals surface area contributed by atoms with Crippen LogP contribution in [0.4, 0.5) is 0 Å². The van der Waals surface area contributed by atoms with Crippen LogP contribution in [0.25, 0.3) is 0 Å². The number of halogens is 2. The molecule has 20 heavy (non-hydrogen) atoms. The summed E-state index contributed by atoms with van der Waals surface area (Å²) in [5, 5.41) is 0.782. The van der Waals surface area contributed by atoms with Gasteiger partial charge < -0.3 is 10.6 Å². The molecule has 0 saturated heterocycles. The third kappa shape index (κ3) is 5.13. The normalized spacial score (nSPS) is 11.9. The van der Waals surface area contributed by atoms with Crippen LogP contribution in [-0.2, 0) is 5.41 Å². The van der Waals surface area contributed by atoms with Gasteiger partial charge in [-0.05, 0) is 25.5 Å². The maximum atomic E-state index is 6.25. The highest BCUT2D eigenvalue weighted by molar-refractivity contribution is 14.0. The van der Waals surface area contributed by atoms with Crippen LogP contribution in [0.1, 0.15) is 33.3 Å². The lowest BCUT2D eigenvalue weighted by Gasteiger charge is -2.26. The molecule has 0 aliphatic carbocycles. The third-order valence-electron chi connectivity index (χ3n) is 3.33. The van der Waals surface area contributed by atoms with Crippen LogP contribution < -0.4 is 5.73 Å². The maximum Gasteiger partial charge on any atom is 0.191 e.